The van der Waals surface area contributed by atoms with Crippen molar-refractivity contribution in [1.82, 2.24) is 4.90 Å². The van der Waals surface area contributed by atoms with Crippen LogP contribution in [0.2, 0.25) is 0 Å². The molecule has 1 saturated heterocycles. The first-order chi connectivity index (χ1) is 9.65. The molecule has 0 saturated carbocycles. The Morgan fingerprint density at radius 2 is 2.05 bits per heavy atom. The minimum Gasteiger partial charge on any atom is -0.369 e. The summed E-state index contributed by atoms with van der Waals surface area (Å²) >= 11 is 1.64. The van der Waals surface area contributed by atoms with Crippen LogP contribution < -0.4 is 5.73 Å². The summed E-state index contributed by atoms with van der Waals surface area (Å²) in [6, 6.07) is 2.06. The average molecular weight is 292 g/mol. The molecular formula is C15H20N2O2S. The largest absolute Gasteiger partial charge is 0.369 e. The Labute approximate surface area is 122 Å². The van der Waals surface area contributed by atoms with E-state index in [0.717, 1.165) is 37.1 Å². The Balaban J connectivity index is 1.75. The van der Waals surface area contributed by atoms with Gasteiger partial charge in [0, 0.05) is 18.0 Å². The van der Waals surface area contributed by atoms with Crippen LogP contribution in [0.5, 0.6) is 0 Å². The van der Waals surface area contributed by atoms with Crippen molar-refractivity contribution in [2.24, 2.45) is 11.7 Å². The highest BCUT2D eigenvalue weighted by molar-refractivity contribution is 7.14. The lowest BCUT2D eigenvalue weighted by atomic mass is 9.97. The van der Waals surface area contributed by atoms with Crippen LogP contribution in [0.1, 0.15) is 45.8 Å². The molecule has 0 bridgehead atoms. The highest BCUT2D eigenvalue weighted by Gasteiger charge is 2.29. The fourth-order valence-corrected chi connectivity index (χ4v) is 4.37. The minimum atomic E-state index is -0.284. The number of piperidine rings is 1. The molecule has 4 nitrogen and oxygen atoms in total. The van der Waals surface area contributed by atoms with E-state index in [9.17, 15) is 9.59 Å². The first-order valence-electron chi connectivity index (χ1n) is 7.35. The number of likely N-dealkylation sites (tertiary alicyclic amines) is 1. The maximum Gasteiger partial charge on any atom is 0.263 e. The van der Waals surface area contributed by atoms with Gasteiger partial charge in [-0.25, -0.2) is 0 Å². The molecule has 1 aliphatic carbocycles. The van der Waals surface area contributed by atoms with Crippen LogP contribution in [-0.4, -0.2) is 29.8 Å². The normalized spacial score (nSPS) is 22.4. The van der Waals surface area contributed by atoms with E-state index in [1.807, 2.05) is 0 Å². The molecule has 0 spiro atoms. The highest BCUT2D eigenvalue weighted by atomic mass is 32.1. The highest BCUT2D eigenvalue weighted by Crippen LogP contribution is 2.31. The number of rotatable bonds is 2. The monoisotopic (exact) mass is 292 g/mol. The van der Waals surface area contributed by atoms with E-state index in [4.69, 9.17) is 5.73 Å². The van der Waals surface area contributed by atoms with Crippen LogP contribution in [0.25, 0.3) is 0 Å². The first kappa shape index (κ1) is 13.6. The van der Waals surface area contributed by atoms with Crippen LogP contribution in [0.3, 0.4) is 0 Å². The van der Waals surface area contributed by atoms with Gasteiger partial charge in [0.05, 0.1) is 10.8 Å². The summed E-state index contributed by atoms with van der Waals surface area (Å²) in [7, 11) is 0. The fraction of sp³-hybridized carbons (Fsp3) is 0.600. The van der Waals surface area contributed by atoms with Gasteiger partial charge in [-0.05, 0) is 50.2 Å². The molecule has 1 atom stereocenters. The number of amides is 2. The molecule has 1 unspecified atom stereocenters. The van der Waals surface area contributed by atoms with Gasteiger partial charge < -0.3 is 10.6 Å². The van der Waals surface area contributed by atoms with E-state index in [-0.39, 0.29) is 17.7 Å². The summed E-state index contributed by atoms with van der Waals surface area (Å²) in [5.74, 6) is -0.384. The Hall–Kier alpha value is -1.36. The van der Waals surface area contributed by atoms with E-state index in [1.165, 1.54) is 23.3 Å². The van der Waals surface area contributed by atoms with Crippen LogP contribution in [0.15, 0.2) is 6.07 Å². The van der Waals surface area contributed by atoms with E-state index >= 15 is 0 Å². The van der Waals surface area contributed by atoms with Crippen LogP contribution in [-0.2, 0) is 17.6 Å². The molecule has 3 rings (SSSR count). The van der Waals surface area contributed by atoms with Gasteiger partial charge in [-0.3, -0.25) is 9.59 Å². The molecule has 1 aromatic heterocycles. The predicted molar refractivity (Wildman–Crippen MR) is 78.8 cm³/mol. The number of hydrogen-bond donors (Lipinski definition) is 1. The lowest BCUT2D eigenvalue weighted by Gasteiger charge is -2.30. The van der Waals surface area contributed by atoms with Crippen molar-refractivity contribution in [3.8, 4) is 0 Å². The number of nitrogens with two attached hydrogens (primary N) is 1. The molecule has 2 amide bonds. The molecule has 2 N–H and O–H groups in total. The van der Waals surface area contributed by atoms with Gasteiger partial charge in [0.15, 0.2) is 0 Å². The van der Waals surface area contributed by atoms with E-state index in [1.54, 1.807) is 16.2 Å². The zero-order valence-electron chi connectivity index (χ0n) is 11.6. The number of nitrogens with zero attached hydrogens (tertiary/aromatic N) is 1. The molecule has 0 aromatic carbocycles. The second-order valence-corrected chi connectivity index (χ2v) is 6.90. The summed E-state index contributed by atoms with van der Waals surface area (Å²) in [5.41, 5.74) is 6.73. The Morgan fingerprint density at radius 1 is 1.25 bits per heavy atom. The van der Waals surface area contributed by atoms with Crippen molar-refractivity contribution < 1.29 is 9.59 Å². The van der Waals surface area contributed by atoms with Crippen molar-refractivity contribution in [2.45, 2.75) is 38.5 Å². The van der Waals surface area contributed by atoms with Crippen LogP contribution in [0.4, 0.5) is 0 Å². The van der Waals surface area contributed by atoms with Gasteiger partial charge >= 0.3 is 0 Å². The molecule has 0 radical (unpaired) electrons. The van der Waals surface area contributed by atoms with E-state index < -0.39 is 0 Å². The smallest absolute Gasteiger partial charge is 0.263 e. The van der Waals surface area contributed by atoms with Crippen molar-refractivity contribution in [2.75, 3.05) is 13.1 Å². The summed E-state index contributed by atoms with van der Waals surface area (Å²) < 4.78 is 0. The molecule has 2 aliphatic rings. The van der Waals surface area contributed by atoms with Crippen LogP contribution >= 0.6 is 11.3 Å². The Morgan fingerprint density at radius 3 is 2.80 bits per heavy atom. The second kappa shape index (κ2) is 5.56. The van der Waals surface area contributed by atoms with Gasteiger partial charge in [0.2, 0.25) is 5.91 Å². The van der Waals surface area contributed by atoms with Gasteiger partial charge in [-0.1, -0.05) is 0 Å². The molecule has 5 heteroatoms. The van der Waals surface area contributed by atoms with Gasteiger partial charge in [-0.15, -0.1) is 11.3 Å². The number of carbonyl (C=O) groups excluding carboxylic acids is 2. The van der Waals surface area contributed by atoms with Crippen molar-refractivity contribution >= 4 is 23.2 Å². The maximum atomic E-state index is 12.6. The third-order valence-corrected chi connectivity index (χ3v) is 5.54. The maximum absolute atomic E-state index is 12.6. The summed E-state index contributed by atoms with van der Waals surface area (Å²) in [6.07, 6.45) is 6.34. The second-order valence-electron chi connectivity index (χ2n) is 5.76. The molecule has 1 fully saturated rings. The van der Waals surface area contributed by atoms with Crippen molar-refractivity contribution in [1.29, 1.82) is 0 Å². The van der Waals surface area contributed by atoms with Gasteiger partial charge in [0.25, 0.3) is 5.91 Å². The van der Waals surface area contributed by atoms with Gasteiger partial charge in [0.1, 0.15) is 0 Å². The van der Waals surface area contributed by atoms with Crippen LogP contribution in [0, 0.1) is 5.92 Å². The number of thiophene rings is 1. The molecular weight excluding hydrogens is 272 g/mol. The first-order valence-corrected chi connectivity index (χ1v) is 8.17. The average Bonchev–Trinajstić information content (AvgIpc) is 2.90. The molecule has 1 aliphatic heterocycles. The van der Waals surface area contributed by atoms with Crippen molar-refractivity contribution in [3.63, 3.8) is 0 Å². The Bertz CT molecular complexity index is 514. The quantitative estimate of drug-likeness (QED) is 0.905. The van der Waals surface area contributed by atoms with E-state index in [0.29, 0.717) is 6.54 Å². The predicted octanol–water partition coefficient (Wildman–Crippen LogP) is 1.96. The molecule has 20 heavy (non-hydrogen) atoms. The molecule has 108 valence electrons. The standard InChI is InChI=1S/C15H20N2O2S/c16-14(18)11-5-3-7-17(9-11)15(19)13-8-10-4-1-2-6-12(10)20-13/h8,11H,1-7,9H2,(H2,16,18). The van der Waals surface area contributed by atoms with Gasteiger partial charge in [-0.2, -0.15) is 0 Å². The fourth-order valence-electron chi connectivity index (χ4n) is 3.15. The summed E-state index contributed by atoms with van der Waals surface area (Å²) in [6.45, 7) is 1.22. The third-order valence-electron chi connectivity index (χ3n) is 4.32. The lowest BCUT2D eigenvalue weighted by Crippen LogP contribution is -2.43. The number of fused-ring (bicyclic) bond motifs is 1. The third kappa shape index (κ3) is 2.59. The summed E-state index contributed by atoms with van der Waals surface area (Å²) in [4.78, 5) is 27.9. The number of carbonyl (C=O) groups is 2. The number of aryl methyl sites for hydroxylation is 2. The van der Waals surface area contributed by atoms with E-state index in [2.05, 4.69) is 6.07 Å². The lowest BCUT2D eigenvalue weighted by molar-refractivity contribution is -0.123. The zero-order chi connectivity index (χ0) is 14.1. The Kier molecular flexibility index (Phi) is 3.78. The zero-order valence-corrected chi connectivity index (χ0v) is 12.4. The SMILES string of the molecule is NC(=O)C1CCCN(C(=O)c2cc3c(s2)CCCC3)C1. The summed E-state index contributed by atoms with van der Waals surface area (Å²) in [5, 5.41) is 0. The number of primary amides is 1. The molecule has 2 heterocycles. The molecule has 1 aromatic rings. The number of hydrogen-bond acceptors (Lipinski definition) is 3. The topological polar surface area (TPSA) is 63.4 Å². The minimum absolute atomic E-state index is 0.0790. The van der Waals surface area contributed by atoms with Crippen molar-refractivity contribution in [3.05, 3.63) is 21.4 Å².